The lowest BCUT2D eigenvalue weighted by atomic mass is 10.2. The van der Waals surface area contributed by atoms with E-state index in [1.54, 1.807) is 30.3 Å². The largest absolute Gasteiger partial charge is 0.417 e. The van der Waals surface area contributed by atoms with Gasteiger partial charge in [-0.15, -0.1) is 0 Å². The van der Waals surface area contributed by atoms with Gasteiger partial charge in [-0.05, 0) is 17.7 Å². The van der Waals surface area contributed by atoms with Crippen molar-refractivity contribution in [3.8, 4) is 11.9 Å². The van der Waals surface area contributed by atoms with Crippen LogP contribution >= 0.6 is 11.6 Å². The van der Waals surface area contributed by atoms with E-state index in [0.717, 1.165) is 23.0 Å². The molecule has 3 rings (SSSR count). The number of sulfonamides is 1. The molecule has 2 aromatic heterocycles. The number of nitrogens with one attached hydrogen (secondary N) is 1. The Morgan fingerprint density at radius 1 is 1.24 bits per heavy atom. The lowest BCUT2D eigenvalue weighted by molar-refractivity contribution is -0.137. The predicted octanol–water partition coefficient (Wildman–Crippen LogP) is 3.47. The van der Waals surface area contributed by atoms with Crippen LogP contribution in [0.5, 0.6) is 0 Å². The van der Waals surface area contributed by atoms with Gasteiger partial charge in [0.05, 0.1) is 33.8 Å². The number of hydrogen-bond donors (Lipinski definition) is 1. The van der Waals surface area contributed by atoms with Gasteiger partial charge in [-0.3, -0.25) is 4.79 Å². The first-order valence-corrected chi connectivity index (χ1v) is 11.0. The lowest BCUT2D eigenvalue weighted by Crippen LogP contribution is -2.30. The molecule has 0 aliphatic heterocycles. The summed E-state index contributed by atoms with van der Waals surface area (Å²) in [5, 5.41) is 12.8. The standard InChI is InChI=1S/C20H13ClF3N5O3S/c21-16-8-15(20(22,23)24)11-26-19(16)29-17(14(9-25)10-27-29)6-7-18(30)28-33(31,32)12-13-4-2-1-3-5-13/h1-8,10-11H,12H2,(H,28,30). The summed E-state index contributed by atoms with van der Waals surface area (Å²) < 4.78 is 65.8. The van der Waals surface area contributed by atoms with Gasteiger partial charge < -0.3 is 0 Å². The fourth-order valence-corrected chi connectivity index (χ4v) is 4.01. The van der Waals surface area contributed by atoms with E-state index in [1.807, 2.05) is 10.8 Å². The summed E-state index contributed by atoms with van der Waals surface area (Å²) in [5.74, 6) is -1.66. The fraction of sp³-hybridized carbons (Fsp3) is 0.100. The molecule has 1 aromatic carbocycles. The summed E-state index contributed by atoms with van der Waals surface area (Å²) in [6.45, 7) is 0. The van der Waals surface area contributed by atoms with Crippen LogP contribution in [0.15, 0.2) is 54.9 Å². The molecule has 0 fully saturated rings. The van der Waals surface area contributed by atoms with Crippen LogP contribution in [-0.2, 0) is 26.7 Å². The van der Waals surface area contributed by atoms with Gasteiger partial charge in [-0.2, -0.15) is 23.5 Å². The molecule has 0 radical (unpaired) electrons. The second-order valence-corrected chi connectivity index (χ2v) is 8.67. The van der Waals surface area contributed by atoms with E-state index in [0.29, 0.717) is 17.8 Å². The number of alkyl halides is 3. The van der Waals surface area contributed by atoms with Crippen molar-refractivity contribution in [2.45, 2.75) is 11.9 Å². The van der Waals surface area contributed by atoms with E-state index in [4.69, 9.17) is 11.6 Å². The average Bonchev–Trinajstić information content (AvgIpc) is 3.14. The van der Waals surface area contributed by atoms with Crippen molar-refractivity contribution < 1.29 is 26.4 Å². The van der Waals surface area contributed by atoms with Crippen LogP contribution in [0.25, 0.3) is 11.9 Å². The molecule has 0 saturated heterocycles. The van der Waals surface area contributed by atoms with Crippen molar-refractivity contribution in [3.05, 3.63) is 82.3 Å². The highest BCUT2D eigenvalue weighted by molar-refractivity contribution is 7.89. The summed E-state index contributed by atoms with van der Waals surface area (Å²) in [5.41, 5.74) is -0.704. The molecule has 0 aliphatic carbocycles. The third kappa shape index (κ3) is 5.97. The number of rotatable bonds is 6. The van der Waals surface area contributed by atoms with Crippen molar-refractivity contribution in [2.75, 3.05) is 0 Å². The summed E-state index contributed by atoms with van der Waals surface area (Å²) in [6.07, 6.45) is -1.10. The van der Waals surface area contributed by atoms with Gasteiger partial charge in [0.2, 0.25) is 10.0 Å². The van der Waals surface area contributed by atoms with Crippen LogP contribution in [0.4, 0.5) is 13.2 Å². The molecule has 2 heterocycles. The molecule has 0 atom stereocenters. The molecular formula is C20H13ClF3N5O3S. The highest BCUT2D eigenvalue weighted by atomic mass is 35.5. The van der Waals surface area contributed by atoms with Gasteiger partial charge in [-0.1, -0.05) is 41.9 Å². The first kappa shape index (κ1) is 24.0. The Bertz CT molecular complexity index is 1360. The molecule has 8 nitrogen and oxygen atoms in total. The number of halogens is 4. The summed E-state index contributed by atoms with van der Waals surface area (Å²) in [4.78, 5) is 15.8. The van der Waals surface area contributed by atoms with Crippen LogP contribution in [0.3, 0.4) is 0 Å². The van der Waals surface area contributed by atoms with E-state index in [-0.39, 0.29) is 17.1 Å². The van der Waals surface area contributed by atoms with Crippen LogP contribution in [0.1, 0.15) is 22.4 Å². The van der Waals surface area contributed by atoms with Crippen molar-refractivity contribution in [1.29, 1.82) is 5.26 Å². The Hall–Kier alpha value is -3.69. The van der Waals surface area contributed by atoms with Gasteiger partial charge in [0, 0.05) is 12.3 Å². The Kier molecular flexibility index (Phi) is 6.85. The van der Waals surface area contributed by atoms with E-state index in [9.17, 15) is 31.6 Å². The number of hydrogen-bond acceptors (Lipinski definition) is 6. The van der Waals surface area contributed by atoms with E-state index >= 15 is 0 Å². The van der Waals surface area contributed by atoms with E-state index in [1.165, 1.54) is 0 Å². The molecule has 0 unspecified atom stereocenters. The fourth-order valence-electron chi connectivity index (χ4n) is 2.69. The molecule has 0 aliphatic rings. The third-order valence-electron chi connectivity index (χ3n) is 4.12. The summed E-state index contributed by atoms with van der Waals surface area (Å²) in [7, 11) is -4.01. The molecule has 1 amide bonds. The van der Waals surface area contributed by atoms with Gasteiger partial charge in [0.15, 0.2) is 5.82 Å². The number of nitrogens with zero attached hydrogens (tertiary/aromatic N) is 4. The van der Waals surface area contributed by atoms with E-state index < -0.39 is 38.4 Å². The maximum atomic E-state index is 12.9. The Labute approximate surface area is 191 Å². The molecular weight excluding hydrogens is 483 g/mol. The molecule has 1 N–H and O–H groups in total. The summed E-state index contributed by atoms with van der Waals surface area (Å²) in [6, 6.07) is 10.6. The molecule has 13 heteroatoms. The minimum absolute atomic E-state index is 0.0396. The zero-order valence-corrected chi connectivity index (χ0v) is 18.0. The molecule has 170 valence electrons. The maximum Gasteiger partial charge on any atom is 0.417 e. The zero-order valence-electron chi connectivity index (χ0n) is 16.4. The van der Waals surface area contributed by atoms with Gasteiger partial charge in [0.1, 0.15) is 6.07 Å². The number of benzene rings is 1. The second kappa shape index (κ2) is 9.43. The normalized spacial score (nSPS) is 12.0. The first-order valence-electron chi connectivity index (χ1n) is 8.98. The summed E-state index contributed by atoms with van der Waals surface area (Å²) >= 11 is 5.93. The number of carbonyl (C=O) groups is 1. The quantitative estimate of drug-likeness (QED) is 0.523. The minimum atomic E-state index is -4.66. The van der Waals surface area contributed by atoms with Crippen molar-refractivity contribution in [1.82, 2.24) is 19.5 Å². The number of amides is 1. The number of aromatic nitrogens is 3. The van der Waals surface area contributed by atoms with Gasteiger partial charge in [0.25, 0.3) is 5.91 Å². The lowest BCUT2D eigenvalue weighted by Gasteiger charge is -2.10. The molecule has 0 saturated carbocycles. The zero-order chi connectivity index (χ0) is 24.2. The highest BCUT2D eigenvalue weighted by Crippen LogP contribution is 2.32. The monoisotopic (exact) mass is 495 g/mol. The maximum absolute atomic E-state index is 12.9. The Morgan fingerprint density at radius 2 is 1.94 bits per heavy atom. The van der Waals surface area contributed by atoms with Gasteiger partial charge >= 0.3 is 6.18 Å². The molecule has 3 aromatic rings. The number of pyridine rings is 1. The number of nitriles is 1. The van der Waals surface area contributed by atoms with Crippen LogP contribution in [0.2, 0.25) is 5.02 Å². The first-order chi connectivity index (χ1) is 15.5. The van der Waals surface area contributed by atoms with Crippen LogP contribution < -0.4 is 4.72 Å². The topological polar surface area (TPSA) is 118 Å². The third-order valence-corrected chi connectivity index (χ3v) is 5.63. The predicted molar refractivity (Wildman–Crippen MR) is 112 cm³/mol. The van der Waals surface area contributed by atoms with Crippen LogP contribution in [-0.4, -0.2) is 29.1 Å². The van der Waals surface area contributed by atoms with Gasteiger partial charge in [-0.25, -0.2) is 22.8 Å². The van der Waals surface area contributed by atoms with Crippen molar-refractivity contribution >= 4 is 33.6 Å². The average molecular weight is 496 g/mol. The molecule has 0 bridgehead atoms. The minimum Gasteiger partial charge on any atom is -0.269 e. The van der Waals surface area contributed by atoms with Crippen molar-refractivity contribution in [2.24, 2.45) is 0 Å². The van der Waals surface area contributed by atoms with Crippen LogP contribution in [0, 0.1) is 11.3 Å². The van der Waals surface area contributed by atoms with Crippen molar-refractivity contribution in [3.63, 3.8) is 0 Å². The molecule has 33 heavy (non-hydrogen) atoms. The SMILES string of the molecule is N#Cc1cnn(-c2ncc(C(F)(F)F)cc2Cl)c1C=CC(=O)NS(=O)(=O)Cc1ccccc1. The Morgan fingerprint density at radius 3 is 2.55 bits per heavy atom. The number of carbonyl (C=O) groups excluding carboxylic acids is 1. The highest BCUT2D eigenvalue weighted by Gasteiger charge is 2.32. The second-order valence-electron chi connectivity index (χ2n) is 6.54. The van der Waals surface area contributed by atoms with E-state index in [2.05, 4.69) is 10.1 Å². The Balaban J connectivity index is 1.85. The molecule has 0 spiro atoms. The smallest absolute Gasteiger partial charge is 0.269 e.